The van der Waals surface area contributed by atoms with E-state index in [0.29, 0.717) is 23.9 Å². The number of aromatic nitrogens is 1. The molecule has 2 unspecified atom stereocenters. The molecule has 0 saturated heterocycles. The Kier molecular flexibility index (Phi) is 9.24. The molecule has 7 nitrogen and oxygen atoms in total. The minimum atomic E-state index is -0.513. The first-order chi connectivity index (χ1) is 17.4. The molecule has 1 aliphatic carbocycles. The number of carbonyl (C=O) groups is 1. The van der Waals surface area contributed by atoms with Crippen LogP contribution in [0.25, 0.3) is 0 Å². The van der Waals surface area contributed by atoms with Gasteiger partial charge in [-0.25, -0.2) is 4.98 Å². The van der Waals surface area contributed by atoms with Crippen molar-refractivity contribution in [1.82, 2.24) is 10.3 Å². The zero-order valence-electron chi connectivity index (χ0n) is 23.6. The normalized spacial score (nSPS) is 15.1. The van der Waals surface area contributed by atoms with E-state index in [1.165, 1.54) is 18.4 Å². The number of nitrogens with one attached hydrogen (secondary N) is 3. The smallest absolute Gasteiger partial charge is 0.252 e. The highest BCUT2D eigenvalue weighted by molar-refractivity contribution is 5.99. The van der Waals surface area contributed by atoms with Gasteiger partial charge in [-0.3, -0.25) is 4.79 Å². The zero-order chi connectivity index (χ0) is 27.3. The monoisotopic (exact) mass is 507 g/mol. The van der Waals surface area contributed by atoms with Crippen molar-refractivity contribution in [2.45, 2.75) is 85.9 Å². The molecular formula is C30H45N5O2. The van der Waals surface area contributed by atoms with Gasteiger partial charge in [-0.2, -0.15) is 0 Å². The third kappa shape index (κ3) is 8.22. The molecule has 1 saturated carbocycles. The summed E-state index contributed by atoms with van der Waals surface area (Å²) in [6.45, 7) is 17.7. The molecule has 0 spiro atoms. The van der Waals surface area contributed by atoms with Crippen molar-refractivity contribution in [3.63, 3.8) is 0 Å². The second kappa shape index (κ2) is 12.0. The number of amides is 1. The third-order valence-electron chi connectivity index (χ3n) is 6.66. The molecule has 2 atom stereocenters. The van der Waals surface area contributed by atoms with Gasteiger partial charge >= 0.3 is 0 Å². The minimum Gasteiger partial charge on any atom is -0.384 e. The van der Waals surface area contributed by atoms with Crippen LogP contribution < -0.4 is 21.7 Å². The van der Waals surface area contributed by atoms with Crippen molar-refractivity contribution in [2.24, 2.45) is 17.1 Å². The van der Waals surface area contributed by atoms with Crippen LogP contribution in [0.2, 0.25) is 0 Å². The number of methoxy groups -OCH3 is 1. The number of benzene rings is 1. The number of hydrogen-bond donors (Lipinski definition) is 4. The van der Waals surface area contributed by atoms with Crippen molar-refractivity contribution >= 4 is 23.2 Å². The number of carbonyl (C=O) groups excluding carboxylic acids is 1. The molecule has 0 radical (unpaired) electrons. The highest BCUT2D eigenvalue weighted by Gasteiger charge is 2.36. The van der Waals surface area contributed by atoms with E-state index in [4.69, 9.17) is 15.5 Å². The summed E-state index contributed by atoms with van der Waals surface area (Å²) in [5.41, 5.74) is 11.3. The zero-order valence-corrected chi connectivity index (χ0v) is 23.6. The average molecular weight is 508 g/mol. The molecule has 7 heteroatoms. The van der Waals surface area contributed by atoms with E-state index in [1.807, 2.05) is 19.1 Å². The third-order valence-corrected chi connectivity index (χ3v) is 6.66. The van der Waals surface area contributed by atoms with E-state index < -0.39 is 5.91 Å². The average Bonchev–Trinajstić information content (AvgIpc) is 3.62. The van der Waals surface area contributed by atoms with E-state index in [1.54, 1.807) is 7.11 Å². The molecule has 37 heavy (non-hydrogen) atoms. The maximum absolute atomic E-state index is 12.3. The second-order valence-corrected chi connectivity index (χ2v) is 11.6. The Morgan fingerprint density at radius 2 is 1.86 bits per heavy atom. The quantitative estimate of drug-likeness (QED) is 0.263. The van der Waals surface area contributed by atoms with Gasteiger partial charge in [0.25, 0.3) is 5.91 Å². The maximum Gasteiger partial charge on any atom is 0.252 e. The first-order valence-electron chi connectivity index (χ1n) is 13.3. The van der Waals surface area contributed by atoms with Crippen LogP contribution in [0.4, 0.5) is 17.3 Å². The lowest BCUT2D eigenvalue weighted by Crippen LogP contribution is -2.43. The number of nitrogens with zero attached hydrogens (tertiary/aromatic N) is 1. The molecular weight excluding hydrogens is 462 g/mol. The molecule has 0 aliphatic heterocycles. The summed E-state index contributed by atoms with van der Waals surface area (Å²) in [5.74, 6) is 1.25. The lowest BCUT2D eigenvalue weighted by atomic mass is 9.90. The van der Waals surface area contributed by atoms with Crippen LogP contribution in [-0.4, -0.2) is 30.1 Å². The summed E-state index contributed by atoms with van der Waals surface area (Å²) in [6, 6.07) is 8.39. The van der Waals surface area contributed by atoms with E-state index in [-0.39, 0.29) is 17.5 Å². The summed E-state index contributed by atoms with van der Waals surface area (Å²) in [4.78, 5) is 17.2. The fourth-order valence-corrected chi connectivity index (χ4v) is 4.84. The Bertz CT molecular complexity index is 1120. The molecule has 1 fully saturated rings. The van der Waals surface area contributed by atoms with E-state index in [2.05, 4.69) is 69.3 Å². The van der Waals surface area contributed by atoms with Crippen LogP contribution in [0.5, 0.6) is 0 Å². The Morgan fingerprint density at radius 3 is 2.43 bits per heavy atom. The van der Waals surface area contributed by atoms with Gasteiger partial charge < -0.3 is 26.4 Å². The Morgan fingerprint density at radius 1 is 1.19 bits per heavy atom. The van der Waals surface area contributed by atoms with Crippen molar-refractivity contribution in [3.05, 3.63) is 58.8 Å². The lowest BCUT2D eigenvalue weighted by molar-refractivity contribution is 0.100. The predicted octanol–water partition coefficient (Wildman–Crippen LogP) is 6.06. The number of aryl methyl sites for hydroxylation is 2. The van der Waals surface area contributed by atoms with Gasteiger partial charge in [-0.1, -0.05) is 40.3 Å². The summed E-state index contributed by atoms with van der Waals surface area (Å²) < 4.78 is 5.34. The number of pyridine rings is 1. The van der Waals surface area contributed by atoms with Crippen molar-refractivity contribution in [3.8, 4) is 0 Å². The topological polar surface area (TPSA) is 101 Å². The van der Waals surface area contributed by atoms with Gasteiger partial charge in [-0.15, -0.1) is 0 Å². The van der Waals surface area contributed by atoms with Gasteiger partial charge in [-0.05, 0) is 85.8 Å². The molecule has 202 valence electrons. The highest BCUT2D eigenvalue weighted by atomic mass is 16.5. The summed E-state index contributed by atoms with van der Waals surface area (Å²) in [7, 11) is 1.68. The lowest BCUT2D eigenvalue weighted by Gasteiger charge is -2.30. The molecule has 5 N–H and O–H groups in total. The summed E-state index contributed by atoms with van der Waals surface area (Å²) >= 11 is 0. The number of rotatable bonds is 13. The fourth-order valence-electron chi connectivity index (χ4n) is 4.84. The van der Waals surface area contributed by atoms with Gasteiger partial charge in [0.1, 0.15) is 11.6 Å². The summed E-state index contributed by atoms with van der Waals surface area (Å²) in [6.07, 6.45) is 4.17. The minimum absolute atomic E-state index is 0.174. The van der Waals surface area contributed by atoms with Crippen molar-refractivity contribution < 1.29 is 9.53 Å². The van der Waals surface area contributed by atoms with Crippen LogP contribution >= 0.6 is 0 Å². The van der Waals surface area contributed by atoms with Crippen molar-refractivity contribution in [2.75, 3.05) is 17.7 Å². The van der Waals surface area contributed by atoms with E-state index in [0.717, 1.165) is 41.2 Å². The molecule has 1 aromatic carbocycles. The molecule has 0 bridgehead atoms. The number of hydrogen-bond acceptors (Lipinski definition) is 6. The molecule has 1 aromatic heterocycles. The predicted molar refractivity (Wildman–Crippen MR) is 153 cm³/mol. The van der Waals surface area contributed by atoms with Crippen LogP contribution in [0, 0.1) is 18.3 Å². The number of nitrogens with two attached hydrogens (primary N) is 1. The largest absolute Gasteiger partial charge is 0.384 e. The van der Waals surface area contributed by atoms with Crippen LogP contribution in [0.3, 0.4) is 0 Å². The fraction of sp³-hybridized carbons (Fsp3) is 0.533. The second-order valence-electron chi connectivity index (χ2n) is 11.6. The summed E-state index contributed by atoms with van der Waals surface area (Å²) in [5, 5.41) is 10.7. The first-order valence-corrected chi connectivity index (χ1v) is 13.3. The van der Waals surface area contributed by atoms with Gasteiger partial charge in [0.15, 0.2) is 0 Å². The SMILES string of the molecule is C=C(CC(C)(C)C)NC(C)C(Nc1nc(Nc2cc(CC)cc(COC)c2)c(C(N)=O)cc1C)C1CC1. The van der Waals surface area contributed by atoms with Crippen LogP contribution in [0.1, 0.15) is 80.9 Å². The van der Waals surface area contributed by atoms with Gasteiger partial charge in [0, 0.05) is 24.5 Å². The van der Waals surface area contributed by atoms with E-state index >= 15 is 0 Å². The molecule has 2 aromatic rings. The number of primary amides is 1. The van der Waals surface area contributed by atoms with Crippen molar-refractivity contribution in [1.29, 1.82) is 0 Å². The van der Waals surface area contributed by atoms with Crippen LogP contribution in [0.15, 0.2) is 36.5 Å². The highest BCUT2D eigenvalue weighted by Crippen LogP contribution is 2.37. The van der Waals surface area contributed by atoms with Gasteiger partial charge in [0.05, 0.1) is 18.2 Å². The number of anilines is 3. The molecule has 3 rings (SSSR count). The maximum atomic E-state index is 12.3. The Labute approximate surface area is 222 Å². The van der Waals surface area contributed by atoms with Gasteiger partial charge in [0.2, 0.25) is 0 Å². The molecule has 1 heterocycles. The number of allylic oxidation sites excluding steroid dienone is 1. The Hall–Kier alpha value is -3.06. The van der Waals surface area contributed by atoms with Crippen LogP contribution in [-0.2, 0) is 17.8 Å². The first kappa shape index (κ1) is 28.5. The standard InChI is InChI=1S/C30H45N5O2/c1-9-21-13-22(17-37-8)15-24(14-21)33-29-25(27(31)36)12-18(2)28(35-29)34-26(23-10-11-23)20(4)32-19(3)16-30(5,6)7/h12-15,20,23,26,32H,3,9-11,16-17H2,1-2,4-8H3,(H2,31,36)(H2,33,34,35). The number of ether oxygens (including phenoxy) is 1. The van der Waals surface area contributed by atoms with E-state index in [9.17, 15) is 4.79 Å². The molecule has 1 amide bonds. The Balaban J connectivity index is 1.89. The molecule has 1 aliphatic rings.